The highest BCUT2D eigenvalue weighted by molar-refractivity contribution is 5.93. The van der Waals surface area contributed by atoms with E-state index in [9.17, 15) is 4.79 Å². The average molecular weight is 174 g/mol. The maximum absolute atomic E-state index is 11.0. The van der Waals surface area contributed by atoms with Gasteiger partial charge in [0.05, 0.1) is 0 Å². The molecule has 0 aliphatic heterocycles. The normalized spacial score (nSPS) is 10.6. The minimum atomic E-state index is 0.170. The zero-order chi connectivity index (χ0) is 9.68. The van der Waals surface area contributed by atoms with E-state index in [1.165, 1.54) is 5.56 Å². The minimum Gasteiger partial charge on any atom is -0.295 e. The number of rotatable bonds is 3. The predicted molar refractivity (Wildman–Crippen MR) is 55.5 cm³/mol. The standard InChI is InChI=1S/C12H14O/c1-3-12(13)9-8-11-7-5-4-6-10(11)2/h4-9H,3H2,1-2H3/b9-8-. The summed E-state index contributed by atoms with van der Waals surface area (Å²) >= 11 is 0. The highest BCUT2D eigenvalue weighted by atomic mass is 16.1. The van der Waals surface area contributed by atoms with E-state index in [-0.39, 0.29) is 5.78 Å². The van der Waals surface area contributed by atoms with Crippen LogP contribution in [0.15, 0.2) is 30.3 Å². The van der Waals surface area contributed by atoms with E-state index in [1.807, 2.05) is 44.2 Å². The molecular formula is C12H14O. The second-order valence-corrected chi connectivity index (χ2v) is 3.01. The van der Waals surface area contributed by atoms with E-state index in [2.05, 4.69) is 0 Å². The van der Waals surface area contributed by atoms with Gasteiger partial charge in [-0.2, -0.15) is 0 Å². The van der Waals surface area contributed by atoms with Gasteiger partial charge < -0.3 is 0 Å². The molecule has 1 heteroatoms. The van der Waals surface area contributed by atoms with Crippen LogP contribution in [-0.4, -0.2) is 5.78 Å². The first-order valence-electron chi connectivity index (χ1n) is 4.50. The van der Waals surface area contributed by atoms with Crippen molar-refractivity contribution in [3.05, 3.63) is 41.5 Å². The Kier molecular flexibility index (Phi) is 3.44. The highest BCUT2D eigenvalue weighted by Gasteiger charge is 1.93. The Morgan fingerprint density at radius 3 is 2.69 bits per heavy atom. The quantitative estimate of drug-likeness (QED) is 0.644. The van der Waals surface area contributed by atoms with Gasteiger partial charge in [0, 0.05) is 6.42 Å². The molecule has 13 heavy (non-hydrogen) atoms. The molecule has 0 radical (unpaired) electrons. The van der Waals surface area contributed by atoms with Crippen molar-refractivity contribution in [1.29, 1.82) is 0 Å². The first kappa shape index (κ1) is 9.72. The van der Waals surface area contributed by atoms with E-state index < -0.39 is 0 Å². The number of allylic oxidation sites excluding steroid dienone is 1. The second-order valence-electron chi connectivity index (χ2n) is 3.01. The number of carbonyl (C=O) groups excluding carboxylic acids is 1. The fraction of sp³-hybridized carbons (Fsp3) is 0.250. The molecule has 0 aliphatic rings. The Labute approximate surface area is 79.1 Å². The van der Waals surface area contributed by atoms with Crippen LogP contribution in [0.2, 0.25) is 0 Å². The third-order valence-corrected chi connectivity index (χ3v) is 1.99. The van der Waals surface area contributed by atoms with Crippen molar-refractivity contribution in [2.24, 2.45) is 0 Å². The molecule has 1 aromatic rings. The molecule has 0 amide bonds. The van der Waals surface area contributed by atoms with Gasteiger partial charge in [0.15, 0.2) is 5.78 Å². The number of aryl methyl sites for hydroxylation is 1. The number of benzene rings is 1. The summed E-state index contributed by atoms with van der Waals surface area (Å²) in [5, 5.41) is 0. The number of hydrogen-bond donors (Lipinski definition) is 0. The van der Waals surface area contributed by atoms with E-state index in [1.54, 1.807) is 6.08 Å². The minimum absolute atomic E-state index is 0.170. The van der Waals surface area contributed by atoms with Crippen LogP contribution in [0, 0.1) is 6.92 Å². The molecule has 1 aromatic carbocycles. The summed E-state index contributed by atoms with van der Waals surface area (Å²) in [5.74, 6) is 0.170. The van der Waals surface area contributed by atoms with Crippen LogP contribution in [0.1, 0.15) is 24.5 Å². The molecule has 0 atom stereocenters. The van der Waals surface area contributed by atoms with Crippen molar-refractivity contribution in [1.82, 2.24) is 0 Å². The Hall–Kier alpha value is -1.37. The third-order valence-electron chi connectivity index (χ3n) is 1.99. The maximum atomic E-state index is 11.0. The van der Waals surface area contributed by atoms with E-state index in [4.69, 9.17) is 0 Å². The molecule has 68 valence electrons. The largest absolute Gasteiger partial charge is 0.295 e. The molecular weight excluding hydrogens is 160 g/mol. The lowest BCUT2D eigenvalue weighted by atomic mass is 10.1. The summed E-state index contributed by atoms with van der Waals surface area (Å²) in [6.07, 6.45) is 4.09. The lowest BCUT2D eigenvalue weighted by Crippen LogP contribution is -1.87. The summed E-state index contributed by atoms with van der Waals surface area (Å²) in [6, 6.07) is 8.02. The van der Waals surface area contributed by atoms with E-state index in [0.29, 0.717) is 6.42 Å². The van der Waals surface area contributed by atoms with E-state index in [0.717, 1.165) is 5.56 Å². The summed E-state index contributed by atoms with van der Waals surface area (Å²) in [4.78, 5) is 11.0. The smallest absolute Gasteiger partial charge is 0.155 e. The summed E-state index contributed by atoms with van der Waals surface area (Å²) in [7, 11) is 0. The maximum Gasteiger partial charge on any atom is 0.155 e. The summed E-state index contributed by atoms with van der Waals surface area (Å²) in [5.41, 5.74) is 2.31. The van der Waals surface area contributed by atoms with Crippen LogP contribution in [-0.2, 0) is 4.79 Å². The first-order valence-corrected chi connectivity index (χ1v) is 4.50. The molecule has 0 saturated carbocycles. The van der Waals surface area contributed by atoms with Gasteiger partial charge in [-0.3, -0.25) is 4.79 Å². The number of hydrogen-bond acceptors (Lipinski definition) is 1. The van der Waals surface area contributed by atoms with Gasteiger partial charge in [-0.1, -0.05) is 37.3 Å². The Bertz CT molecular complexity index is 324. The zero-order valence-corrected chi connectivity index (χ0v) is 8.08. The fourth-order valence-electron chi connectivity index (χ4n) is 1.07. The fourth-order valence-corrected chi connectivity index (χ4v) is 1.07. The second kappa shape index (κ2) is 4.61. The van der Waals surface area contributed by atoms with Crippen LogP contribution < -0.4 is 0 Å². The van der Waals surface area contributed by atoms with Gasteiger partial charge in [0.1, 0.15) is 0 Å². The first-order chi connectivity index (χ1) is 6.24. The van der Waals surface area contributed by atoms with Gasteiger partial charge >= 0.3 is 0 Å². The molecule has 0 saturated heterocycles. The molecule has 0 unspecified atom stereocenters. The van der Waals surface area contributed by atoms with E-state index >= 15 is 0 Å². The van der Waals surface area contributed by atoms with Crippen LogP contribution in [0.25, 0.3) is 6.08 Å². The molecule has 0 aliphatic carbocycles. The summed E-state index contributed by atoms with van der Waals surface area (Å²) in [6.45, 7) is 3.90. The predicted octanol–water partition coefficient (Wildman–Crippen LogP) is 2.99. The van der Waals surface area contributed by atoms with Gasteiger partial charge in [0.25, 0.3) is 0 Å². The third kappa shape index (κ3) is 2.86. The van der Waals surface area contributed by atoms with Gasteiger partial charge in [-0.25, -0.2) is 0 Å². The zero-order valence-electron chi connectivity index (χ0n) is 8.08. The molecule has 0 aromatic heterocycles. The average Bonchev–Trinajstić information content (AvgIpc) is 2.16. The Balaban J connectivity index is 2.80. The monoisotopic (exact) mass is 174 g/mol. The van der Waals surface area contributed by atoms with Gasteiger partial charge in [-0.05, 0) is 24.1 Å². The molecule has 1 rings (SSSR count). The molecule has 0 bridgehead atoms. The Morgan fingerprint density at radius 2 is 2.08 bits per heavy atom. The van der Waals surface area contributed by atoms with Crippen LogP contribution in [0.4, 0.5) is 0 Å². The number of carbonyl (C=O) groups is 1. The van der Waals surface area contributed by atoms with Crippen molar-refractivity contribution < 1.29 is 4.79 Å². The molecule has 0 heterocycles. The van der Waals surface area contributed by atoms with Crippen molar-refractivity contribution >= 4 is 11.9 Å². The Morgan fingerprint density at radius 1 is 1.38 bits per heavy atom. The summed E-state index contributed by atoms with van der Waals surface area (Å²) < 4.78 is 0. The molecule has 0 N–H and O–H groups in total. The van der Waals surface area contributed by atoms with Crippen LogP contribution >= 0.6 is 0 Å². The van der Waals surface area contributed by atoms with Gasteiger partial charge in [0.2, 0.25) is 0 Å². The van der Waals surface area contributed by atoms with Crippen LogP contribution in [0.5, 0.6) is 0 Å². The molecule has 0 fully saturated rings. The van der Waals surface area contributed by atoms with Crippen molar-refractivity contribution in [3.63, 3.8) is 0 Å². The highest BCUT2D eigenvalue weighted by Crippen LogP contribution is 2.08. The van der Waals surface area contributed by atoms with Crippen molar-refractivity contribution in [2.75, 3.05) is 0 Å². The lowest BCUT2D eigenvalue weighted by Gasteiger charge is -1.97. The van der Waals surface area contributed by atoms with Crippen molar-refractivity contribution in [2.45, 2.75) is 20.3 Å². The van der Waals surface area contributed by atoms with Crippen LogP contribution in [0.3, 0.4) is 0 Å². The topological polar surface area (TPSA) is 17.1 Å². The molecule has 0 spiro atoms. The number of ketones is 1. The molecule has 1 nitrogen and oxygen atoms in total. The lowest BCUT2D eigenvalue weighted by molar-refractivity contribution is -0.114. The van der Waals surface area contributed by atoms with Gasteiger partial charge in [-0.15, -0.1) is 0 Å². The van der Waals surface area contributed by atoms with Crippen molar-refractivity contribution in [3.8, 4) is 0 Å². The SMILES string of the molecule is CCC(=O)/C=C\c1ccccc1C.